The topological polar surface area (TPSA) is 9.86 Å². The van der Waals surface area contributed by atoms with Gasteiger partial charge in [0.1, 0.15) is 0 Å². The van der Waals surface area contributed by atoms with Gasteiger partial charge in [-0.3, -0.25) is 0 Å². The number of nitrogens with zero attached hydrogens (tertiary/aromatic N) is 2. The van der Waals surface area contributed by atoms with E-state index in [1.54, 1.807) is 0 Å². The zero-order valence-electron chi connectivity index (χ0n) is 57.2. The number of hydrogen-bond donors (Lipinski definition) is 0. The van der Waals surface area contributed by atoms with Crippen LogP contribution in [0.5, 0.6) is 0 Å². The Labute approximate surface area is 592 Å². The van der Waals surface area contributed by atoms with Crippen LogP contribution in [0.25, 0.3) is 187 Å². The molecule has 21 rings (SSSR count). The minimum atomic E-state index is -0.261. The first-order valence-corrected chi connectivity index (χ1v) is 35.9. The van der Waals surface area contributed by atoms with E-state index in [1.807, 2.05) is 0 Å². The first-order chi connectivity index (χ1) is 50.1. The maximum absolute atomic E-state index is 2.62. The van der Waals surface area contributed by atoms with E-state index in [-0.39, 0.29) is 10.8 Å². The van der Waals surface area contributed by atoms with Crippen LogP contribution in [-0.2, 0) is 10.8 Å². The lowest BCUT2D eigenvalue weighted by Crippen LogP contribution is -2.15. The first-order valence-electron chi connectivity index (χ1n) is 35.9. The summed E-state index contributed by atoms with van der Waals surface area (Å²) in [5.41, 5.74) is 28.7. The average molecular weight is 1300 g/mol. The van der Waals surface area contributed by atoms with Crippen LogP contribution < -0.4 is 0 Å². The van der Waals surface area contributed by atoms with E-state index in [2.05, 4.69) is 377 Å². The number of hydrogen-bond acceptors (Lipinski definition) is 0. The van der Waals surface area contributed by atoms with Crippen LogP contribution in [0.3, 0.4) is 0 Å². The molecule has 0 aliphatic heterocycles. The standard InChI is InChI=1S/C100H68N2/c1-99(2)87-39-23-21-37-77(87)79-47-43-71(55-89(79)99)93-81-57-85-92(102(76-46-42-70-50-66-34-18-20-36-68(66)52-74(70)54-76)97(63-29-13-7-14-30-63)95(85)61-25-9-5-10-26-61)60-84(81)94(72-44-48-80-78-38-22-24-40-88(78)100(3,4)90(80)56-72)82-58-86-91(59-83(82)93)101(75-45-41-69-49-65-33-17-19-35-67(65)51-73(69)53-75)98(64-31-15-8-16-32-64)96(86)62-27-11-6-12-28-62/h5-60H,1-4H3. The van der Waals surface area contributed by atoms with Crippen molar-refractivity contribution >= 4 is 86.4 Å². The zero-order valence-corrected chi connectivity index (χ0v) is 57.2. The van der Waals surface area contributed by atoms with Gasteiger partial charge < -0.3 is 9.13 Å². The average Bonchev–Trinajstić information content (AvgIpc) is 1.42. The molecule has 0 amide bonds. The van der Waals surface area contributed by atoms with Crippen molar-refractivity contribution in [3.63, 3.8) is 0 Å². The van der Waals surface area contributed by atoms with Crippen LogP contribution >= 0.6 is 0 Å². The summed E-state index contributed by atoms with van der Waals surface area (Å²) < 4.78 is 5.20. The summed E-state index contributed by atoms with van der Waals surface area (Å²) in [6.07, 6.45) is 0. The van der Waals surface area contributed by atoms with Gasteiger partial charge >= 0.3 is 0 Å². The van der Waals surface area contributed by atoms with E-state index in [0.717, 1.165) is 56.0 Å². The van der Waals surface area contributed by atoms with E-state index in [4.69, 9.17) is 0 Å². The molecule has 2 aromatic heterocycles. The van der Waals surface area contributed by atoms with Crippen molar-refractivity contribution in [1.29, 1.82) is 0 Å². The molecule has 0 atom stereocenters. The summed E-state index contributed by atoms with van der Waals surface area (Å²) in [7, 11) is 0. The SMILES string of the molecule is CC1(C)c2ccccc2-c2ccc(-c3c4cc5c(-c6ccccc6)c(-c6ccccc6)n(-c6ccc7cc8ccccc8cc7c6)c5cc4c(-c4ccc5c(c4)C(C)(C)c4ccccc4-5)c4cc5c(-c6ccccc6)c(-c6ccccc6)n(-c6ccc7cc8ccccc8cc7c6)c5cc34)cc21. The molecular weight excluding hydrogens is 1230 g/mol. The van der Waals surface area contributed by atoms with Crippen LogP contribution in [0.15, 0.2) is 340 Å². The molecule has 2 aliphatic carbocycles. The molecular formula is C100H68N2. The first kappa shape index (κ1) is 58.4. The lowest BCUT2D eigenvalue weighted by Gasteiger charge is -2.24. The summed E-state index contributed by atoms with van der Waals surface area (Å²) in [6, 6.07) is 129. The highest BCUT2D eigenvalue weighted by Gasteiger charge is 2.38. The largest absolute Gasteiger partial charge is 0.309 e. The molecule has 17 aromatic carbocycles. The third kappa shape index (κ3) is 8.60. The van der Waals surface area contributed by atoms with E-state index < -0.39 is 0 Å². The van der Waals surface area contributed by atoms with Gasteiger partial charge in [-0.15, -0.1) is 0 Å². The number of rotatable bonds is 8. The molecule has 0 saturated carbocycles. The Morgan fingerprint density at radius 2 is 0.510 bits per heavy atom. The summed E-state index contributed by atoms with van der Waals surface area (Å²) in [4.78, 5) is 0. The fourth-order valence-electron chi connectivity index (χ4n) is 18.3. The quantitative estimate of drug-likeness (QED) is 0.134. The maximum Gasteiger partial charge on any atom is 0.0619 e. The van der Waals surface area contributed by atoms with Crippen molar-refractivity contribution in [3.05, 3.63) is 362 Å². The minimum absolute atomic E-state index is 0.261. The van der Waals surface area contributed by atoms with E-state index in [1.165, 1.54) is 153 Å². The molecule has 0 bridgehead atoms. The van der Waals surface area contributed by atoms with Crippen molar-refractivity contribution < 1.29 is 0 Å². The Morgan fingerprint density at radius 1 is 0.196 bits per heavy atom. The fourth-order valence-corrected chi connectivity index (χ4v) is 18.3. The summed E-state index contributed by atoms with van der Waals surface area (Å²) in [5, 5.41) is 16.9. The van der Waals surface area contributed by atoms with E-state index in [0.29, 0.717) is 0 Å². The maximum atomic E-state index is 2.62. The molecule has 19 aromatic rings. The molecule has 2 heterocycles. The molecule has 0 fully saturated rings. The Hall–Kier alpha value is -12.6. The molecule has 2 nitrogen and oxygen atoms in total. The van der Waals surface area contributed by atoms with Crippen molar-refractivity contribution in [3.8, 4) is 101 Å². The van der Waals surface area contributed by atoms with Gasteiger partial charge in [-0.05, 0) is 239 Å². The number of benzene rings is 17. The number of aromatic nitrogens is 2. The highest BCUT2D eigenvalue weighted by Crippen LogP contribution is 2.57. The van der Waals surface area contributed by atoms with Gasteiger partial charge in [-0.25, -0.2) is 0 Å². The fraction of sp³-hybridized carbons (Fsp3) is 0.0600. The highest BCUT2D eigenvalue weighted by atomic mass is 15.0. The predicted molar refractivity (Wildman–Crippen MR) is 433 cm³/mol. The molecule has 102 heavy (non-hydrogen) atoms. The monoisotopic (exact) mass is 1300 g/mol. The normalized spacial score (nSPS) is 13.5. The van der Waals surface area contributed by atoms with Gasteiger partial charge in [-0.2, -0.15) is 0 Å². The molecule has 478 valence electrons. The second kappa shape index (κ2) is 21.9. The Morgan fingerprint density at radius 3 is 0.902 bits per heavy atom. The second-order valence-electron chi connectivity index (χ2n) is 29.5. The van der Waals surface area contributed by atoms with Crippen molar-refractivity contribution in [2.75, 3.05) is 0 Å². The van der Waals surface area contributed by atoms with Gasteiger partial charge in [0.2, 0.25) is 0 Å². The predicted octanol–water partition coefficient (Wildman–Crippen LogP) is 27.1. The molecule has 0 radical (unpaired) electrons. The molecule has 0 spiro atoms. The Bertz CT molecular complexity index is 6350. The van der Waals surface area contributed by atoms with Crippen molar-refractivity contribution in [2.45, 2.75) is 38.5 Å². The van der Waals surface area contributed by atoms with E-state index in [9.17, 15) is 0 Å². The number of fused-ring (bicyclic) bond motifs is 14. The summed E-state index contributed by atoms with van der Waals surface area (Å²) in [6.45, 7) is 9.69. The lowest BCUT2D eigenvalue weighted by atomic mass is 9.79. The third-order valence-electron chi connectivity index (χ3n) is 23.1. The van der Waals surface area contributed by atoms with Gasteiger partial charge in [0.15, 0.2) is 0 Å². The van der Waals surface area contributed by atoms with Crippen molar-refractivity contribution in [2.24, 2.45) is 0 Å². The Balaban J connectivity index is 0.981. The van der Waals surface area contributed by atoms with Gasteiger partial charge in [0, 0.05) is 44.1 Å². The van der Waals surface area contributed by atoms with Crippen LogP contribution in [0.4, 0.5) is 0 Å². The second-order valence-corrected chi connectivity index (χ2v) is 29.5. The summed E-state index contributed by atoms with van der Waals surface area (Å²) in [5.74, 6) is 0. The van der Waals surface area contributed by atoms with Crippen LogP contribution in [0.2, 0.25) is 0 Å². The molecule has 2 heteroatoms. The van der Waals surface area contributed by atoms with Crippen LogP contribution in [0, 0.1) is 0 Å². The molecule has 0 N–H and O–H groups in total. The zero-order chi connectivity index (χ0) is 67.7. The van der Waals surface area contributed by atoms with Crippen molar-refractivity contribution in [1.82, 2.24) is 9.13 Å². The smallest absolute Gasteiger partial charge is 0.0619 e. The summed E-state index contributed by atoms with van der Waals surface area (Å²) >= 11 is 0. The van der Waals surface area contributed by atoms with Crippen LogP contribution in [0.1, 0.15) is 49.9 Å². The third-order valence-corrected chi connectivity index (χ3v) is 23.1. The highest BCUT2D eigenvalue weighted by molar-refractivity contribution is 6.28. The van der Waals surface area contributed by atoms with Gasteiger partial charge in [0.25, 0.3) is 0 Å². The molecule has 2 aliphatic rings. The minimum Gasteiger partial charge on any atom is -0.309 e. The molecule has 0 unspecified atom stereocenters. The Kier molecular flexibility index (Phi) is 12.6. The van der Waals surface area contributed by atoms with Gasteiger partial charge in [0.05, 0.1) is 22.4 Å². The molecule has 0 saturated heterocycles. The van der Waals surface area contributed by atoms with E-state index >= 15 is 0 Å². The van der Waals surface area contributed by atoms with Gasteiger partial charge in [-0.1, -0.05) is 282 Å². The lowest BCUT2D eigenvalue weighted by molar-refractivity contribution is 0.660. The van der Waals surface area contributed by atoms with Crippen LogP contribution in [-0.4, -0.2) is 9.13 Å².